The number of benzene rings is 2. The highest BCUT2D eigenvalue weighted by Crippen LogP contribution is 2.30. The van der Waals surface area contributed by atoms with Crippen LogP contribution >= 0.6 is 0 Å². The third-order valence-corrected chi connectivity index (χ3v) is 7.26. The number of sulfonamides is 1. The molecule has 7 heteroatoms. The van der Waals surface area contributed by atoms with Gasteiger partial charge in [-0.2, -0.15) is 0 Å². The van der Waals surface area contributed by atoms with Gasteiger partial charge in [0.15, 0.2) is 0 Å². The number of hydrogen-bond donors (Lipinski definition) is 0. The normalized spacial score (nSPS) is 17.7. The van der Waals surface area contributed by atoms with Gasteiger partial charge >= 0.3 is 0 Å². The zero-order chi connectivity index (χ0) is 20.4. The first kappa shape index (κ1) is 19.8. The van der Waals surface area contributed by atoms with Gasteiger partial charge in [-0.3, -0.25) is 0 Å². The molecule has 0 aliphatic carbocycles. The van der Waals surface area contributed by atoms with E-state index in [9.17, 15) is 12.8 Å². The zero-order valence-corrected chi connectivity index (χ0v) is 17.1. The number of rotatable bonds is 6. The second-order valence-corrected chi connectivity index (χ2v) is 9.52. The molecule has 1 aliphatic heterocycles. The minimum absolute atomic E-state index is 0.0175. The SMILES string of the molecule is Cc1cnc(C2CCN(S(=O)(=O)Cc3ccccc3)C2)n1Cc1ccc(F)cc1. The topological polar surface area (TPSA) is 55.2 Å². The monoisotopic (exact) mass is 413 g/mol. The van der Waals surface area contributed by atoms with Crippen molar-refractivity contribution in [1.82, 2.24) is 13.9 Å². The molecule has 2 heterocycles. The van der Waals surface area contributed by atoms with Crippen molar-refractivity contribution in [2.45, 2.75) is 31.6 Å². The molecule has 1 unspecified atom stereocenters. The molecule has 1 atom stereocenters. The second kappa shape index (κ2) is 8.08. The van der Waals surface area contributed by atoms with Crippen molar-refractivity contribution in [3.63, 3.8) is 0 Å². The van der Waals surface area contributed by atoms with Crippen molar-refractivity contribution in [1.29, 1.82) is 0 Å². The average Bonchev–Trinajstić information content (AvgIpc) is 3.32. The fourth-order valence-electron chi connectivity index (χ4n) is 3.85. The van der Waals surface area contributed by atoms with Crippen LogP contribution in [0, 0.1) is 12.7 Å². The fraction of sp³-hybridized carbons (Fsp3) is 0.318. The molecule has 1 saturated heterocycles. The molecule has 5 nitrogen and oxygen atoms in total. The average molecular weight is 414 g/mol. The van der Waals surface area contributed by atoms with Crippen molar-refractivity contribution < 1.29 is 12.8 Å². The highest BCUT2D eigenvalue weighted by molar-refractivity contribution is 7.88. The zero-order valence-electron chi connectivity index (χ0n) is 16.3. The molecule has 0 N–H and O–H groups in total. The van der Waals surface area contributed by atoms with Crippen LogP contribution in [0.3, 0.4) is 0 Å². The van der Waals surface area contributed by atoms with Crippen LogP contribution < -0.4 is 0 Å². The van der Waals surface area contributed by atoms with Crippen LogP contribution in [-0.4, -0.2) is 35.4 Å². The van der Waals surface area contributed by atoms with Crippen molar-refractivity contribution in [2.75, 3.05) is 13.1 Å². The van der Waals surface area contributed by atoms with Gasteiger partial charge < -0.3 is 4.57 Å². The molecule has 1 aromatic heterocycles. The standard InChI is InChI=1S/C22H24FN3O2S/c1-17-13-24-22(26(17)14-18-7-9-21(23)10-8-18)20-11-12-25(15-20)29(27,28)16-19-5-3-2-4-6-19/h2-10,13,20H,11-12,14-16H2,1H3. The summed E-state index contributed by atoms with van der Waals surface area (Å²) in [5, 5.41) is 0. The Morgan fingerprint density at radius 2 is 1.79 bits per heavy atom. The Bertz CT molecular complexity index is 1080. The highest BCUT2D eigenvalue weighted by atomic mass is 32.2. The van der Waals surface area contributed by atoms with E-state index in [-0.39, 0.29) is 17.5 Å². The van der Waals surface area contributed by atoms with Crippen molar-refractivity contribution >= 4 is 10.0 Å². The predicted octanol–water partition coefficient (Wildman–Crippen LogP) is 3.70. The van der Waals surface area contributed by atoms with Gasteiger partial charge in [0.05, 0.1) is 5.75 Å². The van der Waals surface area contributed by atoms with Crippen LogP contribution in [0.5, 0.6) is 0 Å². The fourth-order valence-corrected chi connectivity index (χ4v) is 5.44. The largest absolute Gasteiger partial charge is 0.328 e. The molecule has 1 aliphatic rings. The Kier molecular flexibility index (Phi) is 5.52. The molecule has 2 aromatic carbocycles. The molecule has 1 fully saturated rings. The van der Waals surface area contributed by atoms with Crippen LogP contribution in [0.15, 0.2) is 60.8 Å². The smallest absolute Gasteiger partial charge is 0.218 e. The number of imidazole rings is 1. The van der Waals surface area contributed by atoms with Gasteiger partial charge in [-0.05, 0) is 36.6 Å². The molecule has 152 valence electrons. The van der Waals surface area contributed by atoms with Gasteiger partial charge in [0.2, 0.25) is 10.0 Å². The first-order valence-corrected chi connectivity index (χ1v) is 11.3. The summed E-state index contributed by atoms with van der Waals surface area (Å²) in [6.07, 6.45) is 2.56. The number of halogens is 1. The summed E-state index contributed by atoms with van der Waals surface area (Å²) in [4.78, 5) is 4.58. The maximum atomic E-state index is 13.2. The van der Waals surface area contributed by atoms with E-state index in [0.29, 0.717) is 19.6 Å². The second-order valence-electron chi connectivity index (χ2n) is 7.56. The van der Waals surface area contributed by atoms with E-state index in [4.69, 9.17) is 0 Å². The maximum absolute atomic E-state index is 13.2. The molecule has 3 aromatic rings. The van der Waals surface area contributed by atoms with E-state index >= 15 is 0 Å². The van der Waals surface area contributed by atoms with E-state index in [1.807, 2.05) is 43.5 Å². The van der Waals surface area contributed by atoms with Gasteiger partial charge in [0, 0.05) is 37.4 Å². The number of hydrogen-bond acceptors (Lipinski definition) is 3. The lowest BCUT2D eigenvalue weighted by Crippen LogP contribution is -2.30. The van der Waals surface area contributed by atoms with Crippen molar-refractivity contribution in [3.8, 4) is 0 Å². The minimum atomic E-state index is -3.37. The minimum Gasteiger partial charge on any atom is -0.328 e. The summed E-state index contributed by atoms with van der Waals surface area (Å²) in [5.41, 5.74) is 2.79. The third kappa shape index (κ3) is 4.41. The molecular weight excluding hydrogens is 389 g/mol. The van der Waals surface area contributed by atoms with E-state index in [1.54, 1.807) is 16.4 Å². The van der Waals surface area contributed by atoms with Crippen molar-refractivity contribution in [3.05, 3.63) is 89.3 Å². The van der Waals surface area contributed by atoms with Gasteiger partial charge in [0.25, 0.3) is 0 Å². The Hall–Kier alpha value is -2.51. The molecule has 0 spiro atoms. The lowest BCUT2D eigenvalue weighted by Gasteiger charge is -2.18. The first-order valence-electron chi connectivity index (χ1n) is 9.70. The number of aryl methyl sites for hydroxylation is 1. The molecule has 0 amide bonds. The maximum Gasteiger partial charge on any atom is 0.218 e. The van der Waals surface area contributed by atoms with Crippen LogP contribution in [0.25, 0.3) is 0 Å². The van der Waals surface area contributed by atoms with Gasteiger partial charge in [-0.25, -0.2) is 22.1 Å². The summed E-state index contributed by atoms with van der Waals surface area (Å²) in [7, 11) is -3.37. The summed E-state index contributed by atoms with van der Waals surface area (Å²) in [6, 6.07) is 15.7. The lowest BCUT2D eigenvalue weighted by atomic mass is 10.1. The quantitative estimate of drug-likeness (QED) is 0.619. The molecule has 0 radical (unpaired) electrons. The highest BCUT2D eigenvalue weighted by Gasteiger charge is 2.34. The lowest BCUT2D eigenvalue weighted by molar-refractivity contribution is 0.468. The Morgan fingerprint density at radius 3 is 2.52 bits per heavy atom. The van der Waals surface area contributed by atoms with E-state index in [1.165, 1.54) is 12.1 Å². The summed E-state index contributed by atoms with van der Waals surface area (Å²) in [6.45, 7) is 3.52. The van der Waals surface area contributed by atoms with E-state index < -0.39 is 10.0 Å². The molecular formula is C22H24FN3O2S. The van der Waals surface area contributed by atoms with Crippen LogP contribution in [-0.2, 0) is 22.3 Å². The summed E-state index contributed by atoms with van der Waals surface area (Å²) in [5.74, 6) is 0.703. The van der Waals surface area contributed by atoms with Gasteiger partial charge in [-0.15, -0.1) is 0 Å². The molecule has 0 bridgehead atoms. The van der Waals surface area contributed by atoms with E-state index in [2.05, 4.69) is 9.55 Å². The summed E-state index contributed by atoms with van der Waals surface area (Å²) >= 11 is 0. The molecule has 0 saturated carbocycles. The van der Waals surface area contributed by atoms with Gasteiger partial charge in [0.1, 0.15) is 11.6 Å². The van der Waals surface area contributed by atoms with Crippen LogP contribution in [0.4, 0.5) is 4.39 Å². The first-order chi connectivity index (χ1) is 13.9. The third-order valence-electron chi connectivity index (χ3n) is 5.44. The number of nitrogens with zero attached hydrogens (tertiary/aromatic N) is 3. The Morgan fingerprint density at radius 1 is 1.07 bits per heavy atom. The predicted molar refractivity (Wildman–Crippen MR) is 110 cm³/mol. The van der Waals surface area contributed by atoms with E-state index in [0.717, 1.165) is 29.1 Å². The van der Waals surface area contributed by atoms with Crippen molar-refractivity contribution in [2.24, 2.45) is 0 Å². The number of aromatic nitrogens is 2. The Labute approximate surface area is 170 Å². The van der Waals surface area contributed by atoms with Crippen LogP contribution in [0.1, 0.15) is 35.0 Å². The van der Waals surface area contributed by atoms with Gasteiger partial charge in [-0.1, -0.05) is 42.5 Å². The molecule has 29 heavy (non-hydrogen) atoms. The van der Waals surface area contributed by atoms with Crippen LogP contribution in [0.2, 0.25) is 0 Å². The molecule has 4 rings (SSSR count). The summed E-state index contributed by atoms with van der Waals surface area (Å²) < 4.78 is 42.6. The Balaban J connectivity index is 1.50.